The Balaban J connectivity index is 0.00000121. The normalized spacial score (nSPS) is 11.1. The highest BCUT2D eigenvalue weighted by molar-refractivity contribution is 5.76. The van der Waals surface area contributed by atoms with Gasteiger partial charge in [-0.2, -0.15) is 0 Å². The molecule has 0 fully saturated rings. The number of carbonyl (C=O) groups is 1. The molecule has 0 bridgehead atoms. The molecule has 0 saturated carbocycles. The van der Waals surface area contributed by atoms with Crippen molar-refractivity contribution < 1.29 is 9.90 Å². The molecule has 1 rings (SSSR count). The maximum Gasteiger partial charge on any atom is 0.220 e. The fourth-order valence-corrected chi connectivity index (χ4v) is 1.40. The summed E-state index contributed by atoms with van der Waals surface area (Å²) in [5.41, 5.74) is 7.16. The molecule has 92 valence electrons. The van der Waals surface area contributed by atoms with Crippen LogP contribution in [0.3, 0.4) is 0 Å². The molecule has 3 heteroatoms. The van der Waals surface area contributed by atoms with Gasteiger partial charge in [-0.3, -0.25) is 4.79 Å². The number of hydrogen-bond donors (Lipinski definition) is 2. The minimum Gasteiger partial charge on any atom is -0.508 e. The first-order valence-corrected chi connectivity index (χ1v) is 5.42. The highest BCUT2D eigenvalue weighted by atomic mass is 16.3. The third-order valence-corrected chi connectivity index (χ3v) is 2.61. The SMILES string of the molecule is C#C.Cc1cc(CC[C@H](C)C(N)=O)ccc1O. The molecule has 17 heavy (non-hydrogen) atoms. The first kappa shape index (κ1) is 15.0. The minimum atomic E-state index is -0.259. The van der Waals surface area contributed by atoms with Gasteiger partial charge in [0.1, 0.15) is 5.75 Å². The molecular weight excluding hydrogens is 214 g/mol. The molecule has 1 aromatic rings. The second-order valence-electron chi connectivity index (χ2n) is 3.96. The van der Waals surface area contributed by atoms with Gasteiger partial charge >= 0.3 is 0 Å². The van der Waals surface area contributed by atoms with E-state index in [4.69, 9.17) is 5.73 Å². The van der Waals surface area contributed by atoms with E-state index in [1.54, 1.807) is 6.07 Å². The highest BCUT2D eigenvalue weighted by Crippen LogP contribution is 2.18. The summed E-state index contributed by atoms with van der Waals surface area (Å²) in [5, 5.41) is 9.34. The molecule has 0 radical (unpaired) electrons. The van der Waals surface area contributed by atoms with Crippen LogP contribution in [-0.4, -0.2) is 11.0 Å². The lowest BCUT2D eigenvalue weighted by Gasteiger charge is -2.08. The fraction of sp³-hybridized carbons (Fsp3) is 0.357. The smallest absolute Gasteiger partial charge is 0.220 e. The van der Waals surface area contributed by atoms with Crippen LogP contribution >= 0.6 is 0 Å². The van der Waals surface area contributed by atoms with Gasteiger partial charge < -0.3 is 10.8 Å². The van der Waals surface area contributed by atoms with E-state index in [0.717, 1.165) is 24.0 Å². The fourth-order valence-electron chi connectivity index (χ4n) is 1.40. The number of aryl methyl sites for hydroxylation is 2. The molecule has 0 aromatic heterocycles. The zero-order chi connectivity index (χ0) is 13.4. The monoisotopic (exact) mass is 233 g/mol. The number of carbonyl (C=O) groups excluding carboxylic acids is 1. The summed E-state index contributed by atoms with van der Waals surface area (Å²) < 4.78 is 0. The molecule has 0 heterocycles. The maximum absolute atomic E-state index is 10.8. The van der Waals surface area contributed by atoms with Crippen molar-refractivity contribution in [3.63, 3.8) is 0 Å². The Morgan fingerprint density at radius 3 is 2.53 bits per heavy atom. The molecule has 0 saturated heterocycles. The zero-order valence-corrected chi connectivity index (χ0v) is 10.3. The van der Waals surface area contributed by atoms with Crippen molar-refractivity contribution in [3.05, 3.63) is 29.3 Å². The molecule has 1 amide bonds. The van der Waals surface area contributed by atoms with E-state index >= 15 is 0 Å². The topological polar surface area (TPSA) is 63.3 Å². The lowest BCUT2D eigenvalue weighted by Crippen LogP contribution is -2.20. The second kappa shape index (κ2) is 7.34. The van der Waals surface area contributed by atoms with E-state index < -0.39 is 0 Å². The third-order valence-electron chi connectivity index (χ3n) is 2.61. The molecule has 1 atom stereocenters. The summed E-state index contributed by atoms with van der Waals surface area (Å²) in [6.07, 6.45) is 9.56. The molecular formula is C14H19NO2. The van der Waals surface area contributed by atoms with Gasteiger partial charge in [-0.15, -0.1) is 12.8 Å². The lowest BCUT2D eigenvalue weighted by atomic mass is 9.99. The van der Waals surface area contributed by atoms with Crippen LogP contribution in [0.15, 0.2) is 18.2 Å². The van der Waals surface area contributed by atoms with Crippen molar-refractivity contribution in [1.29, 1.82) is 0 Å². The number of amides is 1. The van der Waals surface area contributed by atoms with Gasteiger partial charge in [0, 0.05) is 5.92 Å². The summed E-state index contributed by atoms with van der Waals surface area (Å²) >= 11 is 0. The number of nitrogens with two attached hydrogens (primary N) is 1. The summed E-state index contributed by atoms with van der Waals surface area (Å²) in [5.74, 6) is -0.0497. The Morgan fingerprint density at radius 1 is 1.47 bits per heavy atom. The number of terminal acetylenes is 1. The van der Waals surface area contributed by atoms with Crippen molar-refractivity contribution in [2.45, 2.75) is 26.7 Å². The van der Waals surface area contributed by atoms with Gasteiger partial charge in [0.05, 0.1) is 0 Å². The summed E-state index contributed by atoms with van der Waals surface area (Å²) in [6, 6.07) is 5.48. The van der Waals surface area contributed by atoms with Gasteiger partial charge in [0.15, 0.2) is 0 Å². The number of hydrogen-bond acceptors (Lipinski definition) is 2. The number of phenols is 1. The molecule has 0 spiro atoms. The van der Waals surface area contributed by atoms with Gasteiger partial charge in [-0.1, -0.05) is 19.1 Å². The summed E-state index contributed by atoms with van der Waals surface area (Å²) in [7, 11) is 0. The minimum absolute atomic E-state index is 0.0980. The van der Waals surface area contributed by atoms with Crippen molar-refractivity contribution in [2.24, 2.45) is 11.7 Å². The highest BCUT2D eigenvalue weighted by Gasteiger charge is 2.08. The Bertz CT molecular complexity index is 396. The van der Waals surface area contributed by atoms with Crippen LogP contribution in [0.25, 0.3) is 0 Å². The molecule has 1 aromatic carbocycles. The second-order valence-corrected chi connectivity index (χ2v) is 3.96. The molecule has 3 nitrogen and oxygen atoms in total. The quantitative estimate of drug-likeness (QED) is 0.781. The van der Waals surface area contributed by atoms with Gasteiger partial charge in [-0.25, -0.2) is 0 Å². The predicted molar refractivity (Wildman–Crippen MR) is 69.4 cm³/mol. The molecule has 0 aliphatic heterocycles. The van der Waals surface area contributed by atoms with E-state index in [-0.39, 0.29) is 11.8 Å². The Labute approximate surface area is 103 Å². The molecule has 0 unspecified atom stereocenters. The summed E-state index contributed by atoms with van der Waals surface area (Å²) in [4.78, 5) is 10.8. The van der Waals surface area contributed by atoms with Crippen molar-refractivity contribution in [2.75, 3.05) is 0 Å². The zero-order valence-electron chi connectivity index (χ0n) is 10.3. The van der Waals surface area contributed by atoms with Crippen molar-refractivity contribution in [1.82, 2.24) is 0 Å². The Morgan fingerprint density at radius 2 is 2.06 bits per heavy atom. The van der Waals surface area contributed by atoms with Crippen LogP contribution in [-0.2, 0) is 11.2 Å². The van der Waals surface area contributed by atoms with Crippen molar-refractivity contribution >= 4 is 5.91 Å². The maximum atomic E-state index is 10.8. The van der Waals surface area contributed by atoms with Crippen LogP contribution in [0.4, 0.5) is 0 Å². The van der Waals surface area contributed by atoms with Crippen LogP contribution in [0.5, 0.6) is 5.75 Å². The largest absolute Gasteiger partial charge is 0.508 e. The Hall–Kier alpha value is -1.95. The number of primary amides is 1. The van der Waals surface area contributed by atoms with Gasteiger partial charge in [0.2, 0.25) is 5.91 Å². The first-order valence-electron chi connectivity index (χ1n) is 5.42. The molecule has 0 aliphatic carbocycles. The lowest BCUT2D eigenvalue weighted by molar-refractivity contribution is -0.121. The van der Waals surface area contributed by atoms with Gasteiger partial charge in [-0.05, 0) is 37.0 Å². The van der Waals surface area contributed by atoms with E-state index in [0.29, 0.717) is 5.75 Å². The van der Waals surface area contributed by atoms with Crippen LogP contribution < -0.4 is 5.73 Å². The third kappa shape index (κ3) is 5.07. The van der Waals surface area contributed by atoms with Gasteiger partial charge in [0.25, 0.3) is 0 Å². The summed E-state index contributed by atoms with van der Waals surface area (Å²) in [6.45, 7) is 3.69. The first-order chi connectivity index (χ1) is 8.00. The Kier molecular flexibility index (Phi) is 6.50. The van der Waals surface area contributed by atoms with E-state index in [1.807, 2.05) is 26.0 Å². The predicted octanol–water partition coefficient (Wildman–Crippen LogP) is 2.00. The van der Waals surface area contributed by atoms with Crippen LogP contribution in [0.2, 0.25) is 0 Å². The average Bonchev–Trinajstić information content (AvgIpc) is 2.32. The average molecular weight is 233 g/mol. The van der Waals surface area contributed by atoms with Crippen LogP contribution in [0.1, 0.15) is 24.5 Å². The number of phenolic OH excluding ortho intramolecular Hbond substituents is 1. The number of benzene rings is 1. The van der Waals surface area contributed by atoms with E-state index in [2.05, 4.69) is 12.8 Å². The van der Waals surface area contributed by atoms with Crippen molar-refractivity contribution in [3.8, 4) is 18.6 Å². The molecule has 3 N–H and O–H groups in total. The number of rotatable bonds is 4. The van der Waals surface area contributed by atoms with E-state index in [1.165, 1.54) is 0 Å². The number of aromatic hydroxyl groups is 1. The standard InChI is InChI=1S/C12H17NO2.C2H2/c1-8(12(13)15)3-4-10-5-6-11(14)9(2)7-10;1-2/h5-8,14H,3-4H2,1-2H3,(H2,13,15);1-2H/t8-;/m0./s1. The molecule has 0 aliphatic rings. The van der Waals surface area contributed by atoms with E-state index in [9.17, 15) is 9.90 Å². The van der Waals surface area contributed by atoms with Crippen LogP contribution in [0, 0.1) is 25.7 Å².